The molecule has 9 heteroatoms. The normalized spacial score (nSPS) is 13.9. The summed E-state index contributed by atoms with van der Waals surface area (Å²) in [7, 11) is -3.95. The molecule has 2 N–H and O–H groups in total. The van der Waals surface area contributed by atoms with Gasteiger partial charge in [-0.05, 0) is 47.4 Å². The fourth-order valence-corrected chi connectivity index (χ4v) is 4.53. The maximum Gasteiger partial charge on any atom is 0.328 e. The molecule has 0 atom stereocenters. The number of hydrogen-bond acceptors (Lipinski definition) is 5. The number of carboxylic acids is 2. The third-order valence-corrected chi connectivity index (χ3v) is 5.96. The molecule has 2 heterocycles. The van der Waals surface area contributed by atoms with Crippen LogP contribution in [0.2, 0.25) is 0 Å². The Morgan fingerprint density at radius 3 is 2.46 bits per heavy atom. The number of fused-ring (bicyclic) bond motifs is 1. The lowest BCUT2D eigenvalue weighted by Gasteiger charge is -2.19. The van der Waals surface area contributed by atoms with Crippen molar-refractivity contribution in [3.63, 3.8) is 0 Å². The Morgan fingerprint density at radius 2 is 1.75 bits per heavy atom. The van der Waals surface area contributed by atoms with E-state index in [0.29, 0.717) is 17.5 Å². The largest absolute Gasteiger partial charge is 0.478 e. The molecule has 0 saturated carbocycles. The molecule has 28 heavy (non-hydrogen) atoms. The second-order valence-corrected chi connectivity index (χ2v) is 7.79. The van der Waals surface area contributed by atoms with Gasteiger partial charge in [-0.1, -0.05) is 18.2 Å². The number of anilines is 1. The van der Waals surface area contributed by atoms with E-state index in [1.807, 2.05) is 0 Å². The molecule has 1 aliphatic heterocycles. The molecule has 1 aromatic heterocycles. The Morgan fingerprint density at radius 1 is 1.07 bits per heavy atom. The van der Waals surface area contributed by atoms with Crippen LogP contribution in [0.15, 0.2) is 53.6 Å². The molecular formula is C19H16N2O6S. The third-order valence-electron chi connectivity index (χ3n) is 4.10. The van der Waals surface area contributed by atoms with Gasteiger partial charge in [-0.25, -0.2) is 27.3 Å². The van der Waals surface area contributed by atoms with E-state index in [1.165, 1.54) is 34.8 Å². The van der Waals surface area contributed by atoms with Crippen LogP contribution in [0.25, 0.3) is 12.2 Å². The van der Waals surface area contributed by atoms with Gasteiger partial charge in [0.15, 0.2) is 0 Å². The van der Waals surface area contributed by atoms with Gasteiger partial charge in [0.25, 0.3) is 10.0 Å². The summed E-state index contributed by atoms with van der Waals surface area (Å²) in [6.07, 6.45) is 6.33. The van der Waals surface area contributed by atoms with E-state index in [1.54, 1.807) is 18.2 Å². The van der Waals surface area contributed by atoms with Crippen molar-refractivity contribution in [2.45, 2.75) is 11.3 Å². The highest BCUT2D eigenvalue weighted by atomic mass is 32.2. The molecule has 0 radical (unpaired) electrons. The molecule has 1 aliphatic rings. The highest BCUT2D eigenvalue weighted by Crippen LogP contribution is 2.33. The van der Waals surface area contributed by atoms with Crippen LogP contribution in [0.1, 0.15) is 16.7 Å². The average Bonchev–Trinajstić information content (AvgIpc) is 3.09. The number of pyridine rings is 1. The molecule has 0 amide bonds. The maximum absolute atomic E-state index is 13.2. The van der Waals surface area contributed by atoms with Crippen LogP contribution < -0.4 is 4.31 Å². The SMILES string of the molecule is O=C(O)/C=C/c1cnc2c(c1)CCN2S(=O)(=O)c1ccccc1/C=C/C(=O)O. The monoisotopic (exact) mass is 400 g/mol. The van der Waals surface area contributed by atoms with Crippen molar-refractivity contribution in [2.75, 3.05) is 10.8 Å². The fraction of sp³-hybridized carbons (Fsp3) is 0.105. The first-order valence-corrected chi connectivity index (χ1v) is 9.66. The van der Waals surface area contributed by atoms with Crippen LogP contribution in [0.5, 0.6) is 0 Å². The molecule has 2 aromatic rings. The van der Waals surface area contributed by atoms with Gasteiger partial charge in [0, 0.05) is 24.9 Å². The molecule has 0 aliphatic carbocycles. The van der Waals surface area contributed by atoms with E-state index in [4.69, 9.17) is 10.2 Å². The van der Waals surface area contributed by atoms with Crippen molar-refractivity contribution in [3.8, 4) is 0 Å². The standard InChI is InChI=1S/C19H16N2O6S/c22-17(23)7-5-13-11-15-9-10-21(19(15)20-12-13)28(26,27)16-4-2-1-3-14(16)6-8-18(24)25/h1-8,11-12H,9-10H2,(H,22,23)(H,24,25)/b7-5+,8-6+. The van der Waals surface area contributed by atoms with Crippen LogP contribution in [-0.4, -0.2) is 42.1 Å². The molecular weight excluding hydrogens is 384 g/mol. The van der Waals surface area contributed by atoms with Gasteiger partial charge in [-0.15, -0.1) is 0 Å². The number of aromatic nitrogens is 1. The number of rotatable bonds is 6. The van der Waals surface area contributed by atoms with Gasteiger partial charge in [0.05, 0.1) is 4.90 Å². The minimum Gasteiger partial charge on any atom is -0.478 e. The quantitative estimate of drug-likeness (QED) is 0.711. The van der Waals surface area contributed by atoms with E-state index in [2.05, 4.69) is 4.98 Å². The average molecular weight is 400 g/mol. The third kappa shape index (κ3) is 3.94. The summed E-state index contributed by atoms with van der Waals surface area (Å²) >= 11 is 0. The van der Waals surface area contributed by atoms with Crippen molar-refractivity contribution in [1.82, 2.24) is 4.98 Å². The Bertz CT molecular complexity index is 1110. The molecule has 3 rings (SSSR count). The number of nitrogens with zero attached hydrogens (tertiary/aromatic N) is 2. The summed E-state index contributed by atoms with van der Waals surface area (Å²) in [4.78, 5) is 25.6. The van der Waals surface area contributed by atoms with Gasteiger partial charge in [0.2, 0.25) is 0 Å². The topological polar surface area (TPSA) is 125 Å². The molecule has 0 unspecified atom stereocenters. The summed E-state index contributed by atoms with van der Waals surface area (Å²) in [5, 5.41) is 17.5. The van der Waals surface area contributed by atoms with E-state index in [0.717, 1.165) is 12.2 Å². The zero-order valence-electron chi connectivity index (χ0n) is 14.5. The summed E-state index contributed by atoms with van der Waals surface area (Å²) in [5.74, 6) is -1.98. The highest BCUT2D eigenvalue weighted by Gasteiger charge is 2.33. The van der Waals surface area contributed by atoms with Gasteiger partial charge < -0.3 is 10.2 Å². The van der Waals surface area contributed by atoms with E-state index in [-0.39, 0.29) is 22.8 Å². The van der Waals surface area contributed by atoms with Crippen molar-refractivity contribution < 1.29 is 28.2 Å². The van der Waals surface area contributed by atoms with Crippen LogP contribution in [0.4, 0.5) is 5.82 Å². The Kier molecular flexibility index (Phi) is 5.27. The zero-order chi connectivity index (χ0) is 20.3. The molecule has 8 nitrogen and oxygen atoms in total. The fourth-order valence-electron chi connectivity index (χ4n) is 2.88. The number of hydrogen-bond donors (Lipinski definition) is 2. The van der Waals surface area contributed by atoms with E-state index >= 15 is 0 Å². The number of carbonyl (C=O) groups is 2. The minimum atomic E-state index is -3.95. The summed E-state index contributed by atoms with van der Waals surface area (Å²) < 4.78 is 27.5. The predicted molar refractivity (Wildman–Crippen MR) is 102 cm³/mol. The first-order valence-electron chi connectivity index (χ1n) is 8.22. The van der Waals surface area contributed by atoms with Crippen LogP contribution >= 0.6 is 0 Å². The van der Waals surface area contributed by atoms with Gasteiger partial charge in [-0.2, -0.15) is 0 Å². The first-order chi connectivity index (χ1) is 13.3. The van der Waals surface area contributed by atoms with Crippen LogP contribution in [0, 0.1) is 0 Å². The Hall–Kier alpha value is -3.46. The number of benzene rings is 1. The molecule has 0 saturated heterocycles. The highest BCUT2D eigenvalue weighted by molar-refractivity contribution is 7.93. The van der Waals surface area contributed by atoms with E-state index < -0.39 is 22.0 Å². The number of carboxylic acid groups (broad SMARTS) is 2. The molecule has 0 spiro atoms. The van der Waals surface area contributed by atoms with E-state index in [9.17, 15) is 18.0 Å². The van der Waals surface area contributed by atoms with Crippen molar-refractivity contribution in [3.05, 3.63) is 65.4 Å². The Labute approximate surface area is 161 Å². The Balaban J connectivity index is 1.99. The second kappa shape index (κ2) is 7.65. The molecule has 0 fully saturated rings. The van der Waals surface area contributed by atoms with Crippen molar-refractivity contribution in [1.29, 1.82) is 0 Å². The van der Waals surface area contributed by atoms with Crippen LogP contribution in [-0.2, 0) is 26.0 Å². The second-order valence-electron chi connectivity index (χ2n) is 5.96. The lowest BCUT2D eigenvalue weighted by atomic mass is 10.1. The maximum atomic E-state index is 13.2. The molecule has 1 aromatic carbocycles. The summed E-state index contributed by atoms with van der Waals surface area (Å²) in [5.41, 5.74) is 1.51. The van der Waals surface area contributed by atoms with Crippen molar-refractivity contribution in [2.24, 2.45) is 0 Å². The lowest BCUT2D eigenvalue weighted by molar-refractivity contribution is -0.132. The van der Waals surface area contributed by atoms with Crippen molar-refractivity contribution >= 4 is 39.9 Å². The van der Waals surface area contributed by atoms with Gasteiger partial charge >= 0.3 is 11.9 Å². The summed E-state index contributed by atoms with van der Waals surface area (Å²) in [6, 6.07) is 7.83. The minimum absolute atomic E-state index is 0.0167. The summed E-state index contributed by atoms with van der Waals surface area (Å²) in [6.45, 7) is 0.188. The zero-order valence-corrected chi connectivity index (χ0v) is 15.3. The smallest absolute Gasteiger partial charge is 0.328 e. The van der Waals surface area contributed by atoms with Gasteiger partial charge in [0.1, 0.15) is 5.82 Å². The van der Waals surface area contributed by atoms with Gasteiger partial charge in [-0.3, -0.25) is 0 Å². The predicted octanol–water partition coefficient (Wildman–Crippen LogP) is 2.03. The number of aliphatic carboxylic acids is 2. The van der Waals surface area contributed by atoms with Crippen LogP contribution in [0.3, 0.4) is 0 Å². The molecule has 0 bridgehead atoms. The lowest BCUT2D eigenvalue weighted by Crippen LogP contribution is -2.30. The molecule has 144 valence electrons. The first kappa shape index (κ1) is 19.3. The number of sulfonamides is 1.